The van der Waals surface area contributed by atoms with Crippen LogP contribution in [-0.2, 0) is 25.0 Å². The molecule has 0 aliphatic carbocycles. The van der Waals surface area contributed by atoms with Crippen molar-refractivity contribution in [1.29, 1.82) is 0 Å². The van der Waals surface area contributed by atoms with Gasteiger partial charge in [0.1, 0.15) is 10.7 Å². The van der Waals surface area contributed by atoms with E-state index < -0.39 is 26.1 Å². The highest BCUT2D eigenvalue weighted by atomic mass is 32.2. The van der Waals surface area contributed by atoms with Gasteiger partial charge >= 0.3 is 0 Å². The highest BCUT2D eigenvalue weighted by Crippen LogP contribution is 1.97. The minimum absolute atomic E-state index is 0.0800. The molecule has 74 valence electrons. The molecule has 0 heterocycles. The van der Waals surface area contributed by atoms with Crippen LogP contribution < -0.4 is 0 Å². The lowest BCUT2D eigenvalue weighted by atomic mass is 10.4. The quantitative estimate of drug-likeness (QED) is 0.488. The Hall–Kier alpha value is -0.140. The molecule has 1 unspecified atom stereocenters. The van der Waals surface area contributed by atoms with Crippen LogP contribution in [0.1, 0.15) is 13.3 Å². The van der Waals surface area contributed by atoms with E-state index in [9.17, 15) is 16.8 Å². The summed E-state index contributed by atoms with van der Waals surface area (Å²) in [6.07, 6.45) is 1.13. The van der Waals surface area contributed by atoms with Crippen molar-refractivity contribution in [2.75, 3.05) is 12.9 Å². The molecule has 1 atom stereocenters. The molecule has 0 bridgehead atoms. The van der Waals surface area contributed by atoms with Crippen LogP contribution in [0.5, 0.6) is 0 Å². The van der Waals surface area contributed by atoms with E-state index in [0.29, 0.717) is 0 Å². The van der Waals surface area contributed by atoms with Crippen LogP contribution in [0, 0.1) is 0 Å². The fourth-order valence-electron chi connectivity index (χ4n) is 0.475. The van der Waals surface area contributed by atoms with E-state index in [-0.39, 0.29) is 13.0 Å². The maximum atomic E-state index is 10.4. The minimum atomic E-state index is -3.44. The molecule has 0 aliphatic rings. The van der Waals surface area contributed by atoms with Crippen molar-refractivity contribution in [3.8, 4) is 0 Å². The van der Waals surface area contributed by atoms with Gasteiger partial charge in [-0.15, -0.1) is 0 Å². The maximum Gasteiger partial charge on any atom is 0.264 e. The summed E-state index contributed by atoms with van der Waals surface area (Å²) in [5.74, 6) is 0. The molecule has 12 heavy (non-hydrogen) atoms. The number of rotatable bonds is 5. The molecule has 0 fully saturated rings. The van der Waals surface area contributed by atoms with E-state index in [1.807, 2.05) is 0 Å². The van der Waals surface area contributed by atoms with E-state index in [1.165, 1.54) is 6.92 Å². The topological polar surface area (TPSA) is 77.5 Å². The summed E-state index contributed by atoms with van der Waals surface area (Å²) < 4.78 is 45.7. The van der Waals surface area contributed by atoms with Gasteiger partial charge in [0, 0.05) is 0 Å². The first-order chi connectivity index (χ1) is 5.33. The summed E-state index contributed by atoms with van der Waals surface area (Å²) in [5.41, 5.74) is 0. The predicted molar refractivity (Wildman–Crippen MR) is 45.2 cm³/mol. The molecule has 0 aromatic carbocycles. The van der Waals surface area contributed by atoms with Crippen molar-refractivity contribution < 1.29 is 21.0 Å². The Morgan fingerprint density at radius 1 is 1.42 bits per heavy atom. The zero-order valence-corrected chi connectivity index (χ0v) is 8.60. The lowest BCUT2D eigenvalue weighted by Crippen LogP contribution is -2.11. The van der Waals surface area contributed by atoms with Crippen molar-refractivity contribution in [2.24, 2.45) is 0 Å². The second-order valence-electron chi connectivity index (χ2n) is 2.45. The number of thiol groups is 1. The Bertz CT molecular complexity index is 281. The molecule has 0 radical (unpaired) electrons. The largest absolute Gasteiger partial charge is 0.270 e. The summed E-state index contributed by atoms with van der Waals surface area (Å²) in [4.78, 5) is 0. The number of hydrogen-bond acceptors (Lipinski definition) is 5. The molecular weight excluding hydrogens is 204 g/mol. The molecule has 0 aromatic rings. The highest BCUT2D eigenvalue weighted by Gasteiger charge is 2.06. The summed E-state index contributed by atoms with van der Waals surface area (Å²) in [6.45, 7) is 1.42. The standard InChI is InChI=1S/C5H12O5S2/c1-5(11(6)7)3-4-10-12(2,8)9/h5,11H,3-4H2,1-2H3. The van der Waals surface area contributed by atoms with Gasteiger partial charge in [-0.05, 0) is 13.3 Å². The van der Waals surface area contributed by atoms with E-state index in [0.717, 1.165) is 6.26 Å². The average molecular weight is 216 g/mol. The maximum absolute atomic E-state index is 10.4. The zero-order valence-electron chi connectivity index (χ0n) is 6.89. The molecule has 0 aliphatic heterocycles. The van der Waals surface area contributed by atoms with E-state index in [2.05, 4.69) is 4.18 Å². The zero-order chi connectivity index (χ0) is 9.78. The van der Waals surface area contributed by atoms with Crippen molar-refractivity contribution >= 4 is 20.8 Å². The van der Waals surface area contributed by atoms with Gasteiger partial charge in [-0.2, -0.15) is 8.42 Å². The monoisotopic (exact) mass is 216 g/mol. The Morgan fingerprint density at radius 2 is 1.92 bits per heavy atom. The highest BCUT2D eigenvalue weighted by molar-refractivity contribution is 7.86. The van der Waals surface area contributed by atoms with Gasteiger partial charge in [-0.1, -0.05) is 0 Å². The molecule has 0 saturated carbocycles. The van der Waals surface area contributed by atoms with Crippen LogP contribution >= 0.6 is 0 Å². The first kappa shape index (κ1) is 11.9. The van der Waals surface area contributed by atoms with Crippen LogP contribution in [-0.4, -0.2) is 34.9 Å². The van der Waals surface area contributed by atoms with Gasteiger partial charge in [0.25, 0.3) is 10.1 Å². The van der Waals surface area contributed by atoms with Gasteiger partial charge in [0.15, 0.2) is 0 Å². The minimum Gasteiger partial charge on any atom is -0.270 e. The first-order valence-corrected chi connectivity index (χ1v) is 6.37. The second-order valence-corrected chi connectivity index (χ2v) is 5.55. The van der Waals surface area contributed by atoms with Gasteiger partial charge in [-0.3, -0.25) is 4.18 Å². The molecule has 0 aromatic heterocycles. The Kier molecular flexibility index (Phi) is 4.73. The lowest BCUT2D eigenvalue weighted by Gasteiger charge is -2.02. The van der Waals surface area contributed by atoms with Crippen molar-refractivity contribution in [2.45, 2.75) is 18.6 Å². The lowest BCUT2D eigenvalue weighted by molar-refractivity contribution is 0.315. The van der Waals surface area contributed by atoms with Crippen molar-refractivity contribution in [1.82, 2.24) is 0 Å². The molecule has 0 saturated heterocycles. The number of hydrogen-bond donors (Lipinski definition) is 1. The fourth-order valence-corrected chi connectivity index (χ4v) is 1.19. The third-order valence-corrected chi connectivity index (χ3v) is 2.77. The molecule has 7 heteroatoms. The van der Waals surface area contributed by atoms with Gasteiger partial charge < -0.3 is 0 Å². The second kappa shape index (κ2) is 4.78. The first-order valence-electron chi connectivity index (χ1n) is 3.31. The molecule has 0 rings (SSSR count). The van der Waals surface area contributed by atoms with Gasteiger partial charge in [0.05, 0.1) is 18.1 Å². The summed E-state index contributed by atoms with van der Waals surface area (Å²) in [7, 11) is -5.93. The van der Waals surface area contributed by atoms with E-state index in [1.54, 1.807) is 0 Å². The van der Waals surface area contributed by atoms with Crippen LogP contribution in [0.4, 0.5) is 0 Å². The normalized spacial score (nSPS) is 14.9. The van der Waals surface area contributed by atoms with Gasteiger partial charge in [-0.25, -0.2) is 8.42 Å². The van der Waals surface area contributed by atoms with E-state index in [4.69, 9.17) is 0 Å². The predicted octanol–water partition coefficient (Wildman–Crippen LogP) is -0.647. The molecular formula is C5H12O5S2. The van der Waals surface area contributed by atoms with Crippen molar-refractivity contribution in [3.05, 3.63) is 0 Å². The fraction of sp³-hybridized carbons (Fsp3) is 1.00. The third-order valence-electron chi connectivity index (χ3n) is 1.19. The Labute approximate surface area is 73.8 Å². The summed E-state index contributed by atoms with van der Waals surface area (Å²) >= 11 is 0. The SMILES string of the molecule is CC(CCOS(C)(=O)=O)[SH](=O)=O. The summed E-state index contributed by atoms with van der Waals surface area (Å²) in [6, 6.07) is 0. The van der Waals surface area contributed by atoms with Crippen molar-refractivity contribution in [3.63, 3.8) is 0 Å². The van der Waals surface area contributed by atoms with Crippen LogP contribution in [0.3, 0.4) is 0 Å². The summed E-state index contributed by atoms with van der Waals surface area (Å²) in [5, 5.41) is -0.540. The van der Waals surface area contributed by atoms with Crippen LogP contribution in [0.25, 0.3) is 0 Å². The van der Waals surface area contributed by atoms with Crippen LogP contribution in [0.15, 0.2) is 0 Å². The van der Waals surface area contributed by atoms with Crippen LogP contribution in [0.2, 0.25) is 0 Å². The average Bonchev–Trinajstić information content (AvgIpc) is 1.84. The third kappa shape index (κ3) is 6.56. The Balaban J connectivity index is 3.72. The molecule has 0 spiro atoms. The molecule has 0 amide bonds. The van der Waals surface area contributed by atoms with E-state index >= 15 is 0 Å². The smallest absolute Gasteiger partial charge is 0.264 e. The Morgan fingerprint density at radius 3 is 2.25 bits per heavy atom. The van der Waals surface area contributed by atoms with Gasteiger partial charge in [0.2, 0.25) is 0 Å². The molecule has 5 nitrogen and oxygen atoms in total. The molecule has 0 N–H and O–H groups in total.